The number of nitrogens with one attached hydrogen (secondary N) is 4. The Kier molecular flexibility index (Phi) is 10.3. The number of amides is 3. The maximum absolute atomic E-state index is 13.2. The van der Waals surface area contributed by atoms with Crippen LogP contribution in [-0.4, -0.2) is 70.7 Å². The average Bonchev–Trinajstić information content (AvgIpc) is 3.30. The Bertz CT molecular complexity index is 1370. The summed E-state index contributed by atoms with van der Waals surface area (Å²) in [6, 6.07) is 11.6. The number of carboxylic acid groups (broad SMARTS) is 1. The number of nitrogens with zero attached hydrogens (tertiary/aromatic N) is 1. The van der Waals surface area contributed by atoms with Gasteiger partial charge in [0.2, 0.25) is 27.7 Å². The fourth-order valence-electron chi connectivity index (χ4n) is 3.99. The molecule has 3 rings (SSSR count). The lowest BCUT2D eigenvalue weighted by molar-refractivity contribution is -0.142. The lowest BCUT2D eigenvalue weighted by Crippen LogP contribution is -2.53. The van der Waals surface area contributed by atoms with Crippen molar-refractivity contribution in [1.29, 1.82) is 5.41 Å². The van der Waals surface area contributed by atoms with Gasteiger partial charge in [0.1, 0.15) is 12.1 Å². The van der Waals surface area contributed by atoms with Gasteiger partial charge in [-0.25, -0.2) is 13.2 Å². The number of benzene rings is 2. The lowest BCUT2D eigenvalue weighted by Gasteiger charge is -2.27. The molecule has 1 unspecified atom stereocenters. The fraction of sp³-hybridized carbons (Fsp3) is 0.320. The van der Waals surface area contributed by atoms with Crippen molar-refractivity contribution in [3.63, 3.8) is 0 Å². The third kappa shape index (κ3) is 8.03. The van der Waals surface area contributed by atoms with Crippen LogP contribution in [0.1, 0.15) is 25.3 Å². The van der Waals surface area contributed by atoms with Crippen molar-refractivity contribution in [3.05, 3.63) is 60.2 Å². The van der Waals surface area contributed by atoms with E-state index in [1.54, 1.807) is 49.4 Å². The molecule has 0 radical (unpaired) electrons. The molecule has 0 bridgehead atoms. The van der Waals surface area contributed by atoms with Gasteiger partial charge in [0.25, 0.3) is 0 Å². The Morgan fingerprint density at radius 3 is 2.30 bits per heavy atom. The van der Waals surface area contributed by atoms with E-state index in [0.29, 0.717) is 11.3 Å². The number of carbonyl (C=O) groups is 4. The highest BCUT2D eigenvalue weighted by Crippen LogP contribution is 2.34. The first kappa shape index (κ1) is 30.6. The van der Waals surface area contributed by atoms with Crippen molar-refractivity contribution in [2.45, 2.75) is 48.5 Å². The van der Waals surface area contributed by atoms with Crippen LogP contribution in [-0.2, 0) is 35.6 Å². The minimum Gasteiger partial charge on any atom is -0.480 e. The van der Waals surface area contributed by atoms with E-state index < -0.39 is 57.1 Å². The van der Waals surface area contributed by atoms with Crippen LogP contribution in [0.25, 0.3) is 0 Å². The van der Waals surface area contributed by atoms with Crippen LogP contribution in [0.3, 0.4) is 0 Å². The van der Waals surface area contributed by atoms with Crippen molar-refractivity contribution in [2.75, 3.05) is 11.1 Å². The van der Waals surface area contributed by atoms with Gasteiger partial charge in [-0.3, -0.25) is 25.1 Å². The number of carbonyl (C=O) groups excluding carboxylic acids is 3. The number of rotatable bonds is 11. The quantitative estimate of drug-likeness (QED) is 0.160. The number of thioether (sulfide) groups is 1. The molecule has 3 amide bonds. The molecule has 13 nitrogen and oxygen atoms in total. The summed E-state index contributed by atoms with van der Waals surface area (Å²) in [6.45, 7) is 1.67. The Balaban J connectivity index is 1.62. The lowest BCUT2D eigenvalue weighted by atomic mass is 10.0. The minimum atomic E-state index is -3.99. The molecular formula is C25H30N6O7S2. The summed E-state index contributed by atoms with van der Waals surface area (Å²) in [7, 11) is -3.99. The van der Waals surface area contributed by atoms with Gasteiger partial charge in [-0.1, -0.05) is 30.3 Å². The zero-order valence-electron chi connectivity index (χ0n) is 21.5. The molecule has 3 atom stereocenters. The molecule has 40 heavy (non-hydrogen) atoms. The summed E-state index contributed by atoms with van der Waals surface area (Å²) in [5, 5.41) is 23.4. The summed E-state index contributed by atoms with van der Waals surface area (Å²) in [5.41, 5.74) is 6.03. The summed E-state index contributed by atoms with van der Waals surface area (Å²) in [6.07, 6.45) is -0.379. The molecule has 1 aliphatic rings. The maximum atomic E-state index is 13.2. The van der Waals surface area contributed by atoms with E-state index in [1.807, 2.05) is 0 Å². The number of guanidine groups is 1. The average molecular weight is 591 g/mol. The highest BCUT2D eigenvalue weighted by atomic mass is 32.2. The van der Waals surface area contributed by atoms with Gasteiger partial charge in [-0.15, -0.1) is 11.8 Å². The summed E-state index contributed by atoms with van der Waals surface area (Å²) in [5.74, 6) is -3.33. The summed E-state index contributed by atoms with van der Waals surface area (Å²) in [4.78, 5) is 48.7. The summed E-state index contributed by atoms with van der Waals surface area (Å²) < 4.78 is 27.6. The SMILES string of the molecule is CC1SC[C@@H](C(=O)N[C@@H](Cc2ccc(NC(=O)CCC(=O)NC(=N)N)cc2)C(=O)O)N1S(=O)(=O)c1ccccc1. The zero-order valence-corrected chi connectivity index (χ0v) is 23.1. The van der Waals surface area contributed by atoms with E-state index in [-0.39, 0.29) is 29.9 Å². The second kappa shape index (κ2) is 13.4. The maximum Gasteiger partial charge on any atom is 0.326 e. The van der Waals surface area contributed by atoms with Gasteiger partial charge in [0, 0.05) is 30.7 Å². The fourth-order valence-corrected chi connectivity index (χ4v) is 7.31. The number of anilines is 1. The number of carboxylic acids is 1. The van der Waals surface area contributed by atoms with Gasteiger partial charge in [-0.05, 0) is 36.8 Å². The van der Waals surface area contributed by atoms with Crippen molar-refractivity contribution >= 4 is 57.1 Å². The first-order valence-electron chi connectivity index (χ1n) is 12.1. The highest BCUT2D eigenvalue weighted by Gasteiger charge is 2.45. The Morgan fingerprint density at radius 2 is 1.70 bits per heavy atom. The number of nitrogens with two attached hydrogens (primary N) is 1. The second-order valence-electron chi connectivity index (χ2n) is 8.91. The molecule has 0 saturated carbocycles. The zero-order chi connectivity index (χ0) is 29.4. The molecule has 0 aliphatic carbocycles. The first-order chi connectivity index (χ1) is 18.9. The van der Waals surface area contributed by atoms with Gasteiger partial charge in [0.15, 0.2) is 5.96 Å². The summed E-state index contributed by atoms with van der Waals surface area (Å²) >= 11 is 1.28. The molecule has 1 aliphatic heterocycles. The van der Waals surface area contributed by atoms with Crippen molar-refractivity contribution in [2.24, 2.45) is 5.73 Å². The van der Waals surface area contributed by atoms with Crippen LogP contribution in [0.4, 0.5) is 5.69 Å². The smallest absolute Gasteiger partial charge is 0.326 e. The Labute approximate surface area is 235 Å². The molecule has 1 heterocycles. The number of hydrogen-bond acceptors (Lipinski definition) is 8. The molecule has 214 valence electrons. The Hall–Kier alpha value is -3.95. The van der Waals surface area contributed by atoms with Gasteiger partial charge in [0.05, 0.1) is 10.3 Å². The number of aliphatic carboxylic acids is 1. The van der Waals surface area contributed by atoms with E-state index >= 15 is 0 Å². The normalized spacial score (nSPS) is 17.9. The molecule has 2 aromatic rings. The molecule has 15 heteroatoms. The van der Waals surface area contributed by atoms with Crippen LogP contribution < -0.4 is 21.7 Å². The molecule has 0 aromatic heterocycles. The van der Waals surface area contributed by atoms with E-state index in [9.17, 15) is 32.7 Å². The van der Waals surface area contributed by atoms with Crippen molar-refractivity contribution < 1.29 is 32.7 Å². The van der Waals surface area contributed by atoms with Crippen LogP contribution in [0, 0.1) is 5.41 Å². The predicted octanol–water partition coefficient (Wildman–Crippen LogP) is 0.679. The minimum absolute atomic E-state index is 0.0449. The van der Waals surface area contributed by atoms with Crippen LogP contribution in [0.15, 0.2) is 59.5 Å². The molecule has 7 N–H and O–H groups in total. The largest absolute Gasteiger partial charge is 0.480 e. The van der Waals surface area contributed by atoms with Crippen molar-refractivity contribution in [1.82, 2.24) is 14.9 Å². The van der Waals surface area contributed by atoms with E-state index in [2.05, 4.69) is 16.0 Å². The van der Waals surface area contributed by atoms with E-state index in [0.717, 1.165) is 4.31 Å². The molecule has 2 aromatic carbocycles. The Morgan fingerprint density at radius 1 is 1.07 bits per heavy atom. The van der Waals surface area contributed by atoms with Gasteiger partial charge in [-0.2, -0.15) is 4.31 Å². The monoisotopic (exact) mass is 590 g/mol. The second-order valence-corrected chi connectivity index (χ2v) is 12.1. The molecule has 1 saturated heterocycles. The molecular weight excluding hydrogens is 560 g/mol. The van der Waals surface area contributed by atoms with E-state index in [4.69, 9.17) is 11.1 Å². The molecule has 0 spiro atoms. The number of hydrogen-bond donors (Lipinski definition) is 6. The van der Waals surface area contributed by atoms with Gasteiger partial charge < -0.3 is 21.5 Å². The first-order valence-corrected chi connectivity index (χ1v) is 14.6. The van der Waals surface area contributed by atoms with E-state index in [1.165, 1.54) is 23.9 Å². The van der Waals surface area contributed by atoms with Gasteiger partial charge >= 0.3 is 5.97 Å². The highest BCUT2D eigenvalue weighted by molar-refractivity contribution is 8.01. The standard InChI is InChI=1S/C25H30N6O7S2/c1-15-31(40(37,38)18-5-3-2-4-6-18)20(14-39-15)23(34)29-19(24(35)36)13-16-7-9-17(10-8-16)28-21(32)11-12-22(33)30-25(26)27/h2-10,15,19-20H,11-14H2,1H3,(H,28,32)(H,29,34)(H,35,36)(H4,26,27,30,33)/t15?,19-,20-/m0/s1. The van der Waals surface area contributed by atoms with Crippen LogP contribution in [0.2, 0.25) is 0 Å². The topological polar surface area (TPSA) is 212 Å². The third-order valence-corrected chi connectivity index (χ3v) is 9.27. The third-order valence-electron chi connectivity index (χ3n) is 5.93. The van der Waals surface area contributed by atoms with Crippen LogP contribution >= 0.6 is 11.8 Å². The predicted molar refractivity (Wildman–Crippen MR) is 149 cm³/mol. The number of sulfonamides is 1. The van der Waals surface area contributed by atoms with Crippen LogP contribution in [0.5, 0.6) is 0 Å². The molecule has 1 fully saturated rings. The van der Waals surface area contributed by atoms with Crippen molar-refractivity contribution in [3.8, 4) is 0 Å².